The summed E-state index contributed by atoms with van der Waals surface area (Å²) in [5.74, 6) is -0.0475. The summed E-state index contributed by atoms with van der Waals surface area (Å²) in [6.45, 7) is 0. The van der Waals surface area contributed by atoms with Gasteiger partial charge in [0.2, 0.25) is 0 Å². The van der Waals surface area contributed by atoms with Crippen molar-refractivity contribution in [2.24, 2.45) is 0 Å². The second-order valence-corrected chi connectivity index (χ2v) is 4.09. The fourth-order valence-electron chi connectivity index (χ4n) is 1.23. The first kappa shape index (κ1) is 8.78. The lowest BCUT2D eigenvalue weighted by molar-refractivity contribution is 0.631. The highest BCUT2D eigenvalue weighted by molar-refractivity contribution is 7.22. The molecule has 0 saturated heterocycles. The molecule has 4 heteroatoms. The Morgan fingerprint density at radius 3 is 2.92 bits per heavy atom. The van der Waals surface area contributed by atoms with Crippen LogP contribution in [0.5, 0.6) is 0 Å². The van der Waals surface area contributed by atoms with E-state index in [1.165, 1.54) is 11.3 Å². The first-order chi connectivity index (χ1) is 6.22. The van der Waals surface area contributed by atoms with Gasteiger partial charge in [-0.05, 0) is 11.5 Å². The van der Waals surface area contributed by atoms with Crippen LogP contribution in [0.25, 0.3) is 10.1 Å². The number of nitrogens with two attached hydrogens (primary N) is 1. The first-order valence-corrected chi connectivity index (χ1v) is 5.10. The van der Waals surface area contributed by atoms with Gasteiger partial charge in [-0.15, -0.1) is 22.9 Å². The van der Waals surface area contributed by atoms with E-state index in [-0.39, 0.29) is 11.7 Å². The van der Waals surface area contributed by atoms with Crippen LogP contribution in [0.15, 0.2) is 18.2 Å². The summed E-state index contributed by atoms with van der Waals surface area (Å²) >= 11 is 6.83. The van der Waals surface area contributed by atoms with Gasteiger partial charge in [-0.2, -0.15) is 0 Å². The third-order valence-electron chi connectivity index (χ3n) is 1.87. The number of benzene rings is 1. The van der Waals surface area contributed by atoms with Gasteiger partial charge in [-0.1, -0.05) is 12.1 Å². The van der Waals surface area contributed by atoms with Gasteiger partial charge in [0.05, 0.1) is 15.6 Å². The molecule has 68 valence electrons. The van der Waals surface area contributed by atoms with Gasteiger partial charge in [0.1, 0.15) is 5.82 Å². The molecule has 13 heavy (non-hydrogen) atoms. The van der Waals surface area contributed by atoms with Gasteiger partial charge in [0, 0.05) is 5.56 Å². The Morgan fingerprint density at radius 2 is 2.23 bits per heavy atom. The molecule has 0 amide bonds. The number of halogens is 2. The van der Waals surface area contributed by atoms with Crippen molar-refractivity contribution in [3.05, 3.63) is 29.6 Å². The van der Waals surface area contributed by atoms with E-state index in [1.54, 1.807) is 12.1 Å². The fraction of sp³-hybridized carbons (Fsp3) is 0.111. The summed E-state index contributed by atoms with van der Waals surface area (Å²) in [5, 5.41) is 1.47. The zero-order valence-electron chi connectivity index (χ0n) is 6.68. The normalized spacial score (nSPS) is 10.9. The van der Waals surface area contributed by atoms with E-state index in [0.29, 0.717) is 15.3 Å². The topological polar surface area (TPSA) is 26.0 Å². The molecule has 0 aliphatic rings. The minimum atomic E-state index is -0.241. The SMILES string of the molecule is Nc1cc2ccc(CCl)c(F)c2s1. The Morgan fingerprint density at radius 1 is 1.46 bits per heavy atom. The maximum atomic E-state index is 13.6. The summed E-state index contributed by atoms with van der Waals surface area (Å²) in [6.07, 6.45) is 0. The number of thiophene rings is 1. The van der Waals surface area contributed by atoms with Crippen LogP contribution in [0.1, 0.15) is 5.56 Å². The number of rotatable bonds is 1. The number of hydrogen-bond acceptors (Lipinski definition) is 2. The maximum absolute atomic E-state index is 13.6. The molecular formula is C9H7ClFNS. The summed E-state index contributed by atoms with van der Waals surface area (Å²) in [7, 11) is 0. The summed E-state index contributed by atoms with van der Waals surface area (Å²) in [4.78, 5) is 0. The van der Waals surface area contributed by atoms with E-state index in [2.05, 4.69) is 0 Å². The lowest BCUT2D eigenvalue weighted by Gasteiger charge is -1.97. The average Bonchev–Trinajstić information content (AvgIpc) is 2.47. The third-order valence-corrected chi connectivity index (χ3v) is 3.13. The van der Waals surface area contributed by atoms with Crippen LogP contribution in [-0.2, 0) is 5.88 Å². The highest BCUT2D eigenvalue weighted by Gasteiger charge is 2.08. The molecule has 2 N–H and O–H groups in total. The molecule has 0 bridgehead atoms. The second-order valence-electron chi connectivity index (χ2n) is 2.74. The summed E-state index contributed by atoms with van der Waals surface area (Å²) < 4.78 is 14.1. The van der Waals surface area contributed by atoms with Crippen molar-refractivity contribution in [2.75, 3.05) is 5.73 Å². The largest absolute Gasteiger partial charge is 0.391 e. The predicted octanol–water partition coefficient (Wildman–Crippen LogP) is 3.36. The molecular weight excluding hydrogens is 209 g/mol. The zero-order valence-corrected chi connectivity index (χ0v) is 8.25. The van der Waals surface area contributed by atoms with Crippen LogP contribution < -0.4 is 5.73 Å². The molecule has 0 aliphatic carbocycles. The van der Waals surface area contributed by atoms with Gasteiger partial charge in [0.25, 0.3) is 0 Å². The molecule has 0 fully saturated rings. The van der Waals surface area contributed by atoms with Crippen LogP contribution in [0.2, 0.25) is 0 Å². The third kappa shape index (κ3) is 1.38. The lowest BCUT2D eigenvalue weighted by Crippen LogP contribution is -1.84. The molecule has 0 unspecified atom stereocenters. The molecule has 0 radical (unpaired) electrons. The Bertz CT molecular complexity index is 452. The van der Waals surface area contributed by atoms with Gasteiger partial charge >= 0.3 is 0 Å². The summed E-state index contributed by atoms with van der Waals surface area (Å²) in [5.41, 5.74) is 6.09. The molecule has 0 saturated carbocycles. The van der Waals surface area contributed by atoms with Gasteiger partial charge < -0.3 is 5.73 Å². The Kier molecular flexibility index (Phi) is 2.14. The molecule has 1 aromatic heterocycles. The van der Waals surface area contributed by atoms with Gasteiger partial charge in [0.15, 0.2) is 0 Å². The van der Waals surface area contributed by atoms with Crippen LogP contribution in [0, 0.1) is 5.82 Å². The molecule has 0 aliphatic heterocycles. The van der Waals surface area contributed by atoms with E-state index in [9.17, 15) is 4.39 Å². The van der Waals surface area contributed by atoms with Crippen LogP contribution in [0.4, 0.5) is 9.39 Å². The van der Waals surface area contributed by atoms with E-state index in [0.717, 1.165) is 5.39 Å². The number of alkyl halides is 1. The van der Waals surface area contributed by atoms with Crippen molar-refractivity contribution in [2.45, 2.75) is 5.88 Å². The first-order valence-electron chi connectivity index (χ1n) is 3.74. The monoisotopic (exact) mass is 215 g/mol. The van der Waals surface area contributed by atoms with E-state index in [1.807, 2.05) is 6.07 Å². The van der Waals surface area contributed by atoms with Crippen molar-refractivity contribution in [3.63, 3.8) is 0 Å². The maximum Gasteiger partial charge on any atom is 0.145 e. The predicted molar refractivity (Wildman–Crippen MR) is 55.8 cm³/mol. The molecule has 1 heterocycles. The fourth-order valence-corrected chi connectivity index (χ4v) is 2.33. The van der Waals surface area contributed by atoms with Crippen LogP contribution >= 0.6 is 22.9 Å². The van der Waals surface area contributed by atoms with Crippen LogP contribution in [0.3, 0.4) is 0 Å². The van der Waals surface area contributed by atoms with E-state index >= 15 is 0 Å². The van der Waals surface area contributed by atoms with Crippen LogP contribution in [-0.4, -0.2) is 0 Å². The molecule has 2 rings (SSSR count). The van der Waals surface area contributed by atoms with Crippen molar-refractivity contribution in [1.29, 1.82) is 0 Å². The molecule has 2 aromatic rings. The standard InChI is InChI=1S/C9H7ClFNS/c10-4-6-2-1-5-3-7(12)13-9(5)8(6)11/h1-3H,4,12H2. The second kappa shape index (κ2) is 3.16. The average molecular weight is 216 g/mol. The van der Waals surface area contributed by atoms with Crippen molar-refractivity contribution in [3.8, 4) is 0 Å². The molecule has 1 nitrogen and oxygen atoms in total. The van der Waals surface area contributed by atoms with Gasteiger partial charge in [-0.3, -0.25) is 0 Å². The number of fused-ring (bicyclic) bond motifs is 1. The lowest BCUT2D eigenvalue weighted by atomic mass is 10.2. The van der Waals surface area contributed by atoms with Crippen molar-refractivity contribution < 1.29 is 4.39 Å². The highest BCUT2D eigenvalue weighted by atomic mass is 35.5. The summed E-state index contributed by atoms with van der Waals surface area (Å²) in [6, 6.07) is 5.29. The van der Waals surface area contributed by atoms with E-state index in [4.69, 9.17) is 17.3 Å². The Labute approximate surface area is 83.9 Å². The number of nitrogen functional groups attached to an aromatic ring is 1. The van der Waals surface area contributed by atoms with Gasteiger partial charge in [-0.25, -0.2) is 4.39 Å². The number of hydrogen-bond donors (Lipinski definition) is 1. The number of anilines is 1. The van der Waals surface area contributed by atoms with E-state index < -0.39 is 0 Å². The highest BCUT2D eigenvalue weighted by Crippen LogP contribution is 2.31. The molecule has 0 atom stereocenters. The zero-order chi connectivity index (χ0) is 9.42. The molecule has 1 aromatic carbocycles. The minimum Gasteiger partial charge on any atom is -0.391 e. The Hall–Kier alpha value is -0.800. The smallest absolute Gasteiger partial charge is 0.145 e. The Balaban J connectivity index is 2.78. The van der Waals surface area contributed by atoms with Crippen molar-refractivity contribution in [1.82, 2.24) is 0 Å². The van der Waals surface area contributed by atoms with Crippen molar-refractivity contribution >= 4 is 38.0 Å². The molecule has 0 spiro atoms. The quantitative estimate of drug-likeness (QED) is 0.726. The minimum absolute atomic E-state index is 0.194.